The van der Waals surface area contributed by atoms with Crippen molar-refractivity contribution in [3.63, 3.8) is 0 Å². The Morgan fingerprint density at radius 2 is 1.79 bits per heavy atom. The van der Waals surface area contributed by atoms with Crippen LogP contribution >= 0.6 is 0 Å². The first kappa shape index (κ1) is 19.4. The van der Waals surface area contributed by atoms with Gasteiger partial charge < -0.3 is 5.32 Å². The van der Waals surface area contributed by atoms with Crippen molar-refractivity contribution in [1.82, 2.24) is 15.2 Å². The van der Waals surface area contributed by atoms with Crippen LogP contribution in [0, 0.1) is 20.8 Å². The van der Waals surface area contributed by atoms with Crippen molar-refractivity contribution >= 4 is 17.8 Å². The monoisotopic (exact) mass is 375 g/mol. The first-order chi connectivity index (χ1) is 13.5. The van der Waals surface area contributed by atoms with Crippen molar-refractivity contribution < 1.29 is 4.79 Å². The predicted molar refractivity (Wildman–Crippen MR) is 113 cm³/mol. The van der Waals surface area contributed by atoms with Crippen molar-refractivity contribution in [3.05, 3.63) is 82.7 Å². The Hall–Kier alpha value is -3.41. The zero-order chi connectivity index (χ0) is 19.9. The highest BCUT2D eigenvalue weighted by Gasteiger charge is 2.10. The maximum atomic E-state index is 11.9. The van der Waals surface area contributed by atoms with Gasteiger partial charge in [0.05, 0.1) is 25.0 Å². The SMILES string of the molecule is Cc1ccc(Cn2nc(C)c(/C=N\NC(=O)CNc3ccccc3)c2C)cc1. The lowest BCUT2D eigenvalue weighted by Crippen LogP contribution is -2.25. The van der Waals surface area contributed by atoms with Crippen LogP contribution in [0.3, 0.4) is 0 Å². The van der Waals surface area contributed by atoms with Gasteiger partial charge in [-0.3, -0.25) is 9.48 Å². The number of anilines is 1. The summed E-state index contributed by atoms with van der Waals surface area (Å²) < 4.78 is 1.96. The average molecular weight is 375 g/mol. The molecule has 28 heavy (non-hydrogen) atoms. The normalized spacial score (nSPS) is 11.0. The highest BCUT2D eigenvalue weighted by atomic mass is 16.2. The second-order valence-electron chi connectivity index (χ2n) is 6.74. The fraction of sp³-hybridized carbons (Fsp3) is 0.227. The number of hydrogen-bond donors (Lipinski definition) is 2. The van der Waals surface area contributed by atoms with Gasteiger partial charge >= 0.3 is 0 Å². The second kappa shape index (κ2) is 8.99. The highest BCUT2D eigenvalue weighted by molar-refractivity contribution is 5.85. The third-order valence-electron chi connectivity index (χ3n) is 4.50. The van der Waals surface area contributed by atoms with Gasteiger partial charge in [0.1, 0.15) is 0 Å². The molecular formula is C22H25N5O. The van der Waals surface area contributed by atoms with E-state index >= 15 is 0 Å². The Morgan fingerprint density at radius 1 is 1.07 bits per heavy atom. The van der Waals surface area contributed by atoms with Crippen LogP contribution in [0.5, 0.6) is 0 Å². The van der Waals surface area contributed by atoms with Crippen molar-refractivity contribution in [3.8, 4) is 0 Å². The molecule has 1 heterocycles. The number of benzene rings is 2. The lowest BCUT2D eigenvalue weighted by molar-refractivity contribution is -0.119. The van der Waals surface area contributed by atoms with E-state index in [4.69, 9.17) is 0 Å². The van der Waals surface area contributed by atoms with Crippen molar-refractivity contribution in [2.75, 3.05) is 11.9 Å². The summed E-state index contributed by atoms with van der Waals surface area (Å²) >= 11 is 0. The van der Waals surface area contributed by atoms with Gasteiger partial charge in [0.15, 0.2) is 0 Å². The summed E-state index contributed by atoms with van der Waals surface area (Å²) in [5.41, 5.74) is 8.69. The molecule has 0 aliphatic carbocycles. The average Bonchev–Trinajstić information content (AvgIpc) is 2.96. The molecule has 0 saturated carbocycles. The predicted octanol–water partition coefficient (Wildman–Crippen LogP) is 3.42. The summed E-state index contributed by atoms with van der Waals surface area (Å²) in [6.07, 6.45) is 1.66. The van der Waals surface area contributed by atoms with Crippen LogP contribution in [0.25, 0.3) is 0 Å². The molecule has 3 rings (SSSR count). The van der Waals surface area contributed by atoms with Crippen LogP contribution in [-0.2, 0) is 11.3 Å². The lowest BCUT2D eigenvalue weighted by atomic mass is 10.1. The summed E-state index contributed by atoms with van der Waals surface area (Å²) in [7, 11) is 0. The van der Waals surface area contributed by atoms with Gasteiger partial charge in [-0.1, -0.05) is 48.0 Å². The Kier molecular flexibility index (Phi) is 6.22. The van der Waals surface area contributed by atoms with Crippen LogP contribution in [0.15, 0.2) is 59.7 Å². The number of aromatic nitrogens is 2. The third-order valence-corrected chi connectivity index (χ3v) is 4.50. The Balaban J connectivity index is 1.58. The number of para-hydroxylation sites is 1. The minimum atomic E-state index is -0.206. The van der Waals surface area contributed by atoms with Gasteiger partial charge in [-0.15, -0.1) is 0 Å². The van der Waals surface area contributed by atoms with E-state index in [1.807, 2.05) is 48.9 Å². The molecule has 2 aromatic carbocycles. The quantitative estimate of drug-likeness (QED) is 0.491. The second-order valence-corrected chi connectivity index (χ2v) is 6.74. The number of aryl methyl sites for hydroxylation is 2. The molecule has 0 aliphatic heterocycles. The molecule has 1 amide bonds. The number of amides is 1. The van der Waals surface area contributed by atoms with E-state index in [1.54, 1.807) is 6.21 Å². The first-order valence-electron chi connectivity index (χ1n) is 9.23. The van der Waals surface area contributed by atoms with Gasteiger partial charge in [-0.2, -0.15) is 10.2 Å². The molecule has 0 bridgehead atoms. The van der Waals surface area contributed by atoms with Crippen LogP contribution < -0.4 is 10.7 Å². The van der Waals surface area contributed by atoms with E-state index in [9.17, 15) is 4.79 Å². The number of hydrazone groups is 1. The van der Waals surface area contributed by atoms with E-state index in [1.165, 1.54) is 11.1 Å². The van der Waals surface area contributed by atoms with E-state index in [2.05, 4.69) is 52.1 Å². The molecule has 6 nitrogen and oxygen atoms in total. The number of carbonyl (C=O) groups excluding carboxylic acids is 1. The summed E-state index contributed by atoms with van der Waals surface area (Å²) in [5, 5.41) is 11.7. The van der Waals surface area contributed by atoms with Crippen LogP contribution in [-0.4, -0.2) is 28.4 Å². The molecule has 3 aromatic rings. The number of hydrogen-bond acceptors (Lipinski definition) is 4. The van der Waals surface area contributed by atoms with Crippen molar-refractivity contribution in [2.45, 2.75) is 27.3 Å². The van der Waals surface area contributed by atoms with E-state index in [0.717, 1.165) is 22.6 Å². The maximum absolute atomic E-state index is 11.9. The van der Waals surface area contributed by atoms with Crippen LogP contribution in [0.4, 0.5) is 5.69 Å². The Morgan fingerprint density at radius 3 is 2.50 bits per heavy atom. The van der Waals surface area contributed by atoms with Crippen LogP contribution in [0.1, 0.15) is 28.1 Å². The van der Waals surface area contributed by atoms with Gasteiger partial charge in [-0.25, -0.2) is 5.43 Å². The smallest absolute Gasteiger partial charge is 0.259 e. The molecule has 0 radical (unpaired) electrons. The molecular weight excluding hydrogens is 350 g/mol. The zero-order valence-corrected chi connectivity index (χ0v) is 16.4. The number of nitrogens with one attached hydrogen (secondary N) is 2. The lowest BCUT2D eigenvalue weighted by Gasteiger charge is -2.05. The summed E-state index contributed by atoms with van der Waals surface area (Å²) in [5.74, 6) is -0.206. The van der Waals surface area contributed by atoms with Gasteiger partial charge in [0, 0.05) is 16.9 Å². The molecule has 0 fully saturated rings. The van der Waals surface area contributed by atoms with Gasteiger partial charge in [0.25, 0.3) is 5.91 Å². The zero-order valence-electron chi connectivity index (χ0n) is 16.4. The molecule has 0 spiro atoms. The third kappa shape index (κ3) is 5.07. The molecule has 0 atom stereocenters. The summed E-state index contributed by atoms with van der Waals surface area (Å²) in [6.45, 7) is 6.89. The highest BCUT2D eigenvalue weighted by Crippen LogP contribution is 2.13. The van der Waals surface area contributed by atoms with E-state index in [0.29, 0.717) is 6.54 Å². The number of nitrogens with zero attached hydrogens (tertiary/aromatic N) is 3. The fourth-order valence-corrected chi connectivity index (χ4v) is 2.86. The fourth-order valence-electron chi connectivity index (χ4n) is 2.86. The Bertz CT molecular complexity index is 959. The Labute approximate surface area is 165 Å². The number of carbonyl (C=O) groups is 1. The topological polar surface area (TPSA) is 71.3 Å². The maximum Gasteiger partial charge on any atom is 0.259 e. The summed E-state index contributed by atoms with van der Waals surface area (Å²) in [6, 6.07) is 18.0. The molecule has 2 N–H and O–H groups in total. The van der Waals surface area contributed by atoms with E-state index in [-0.39, 0.29) is 12.5 Å². The first-order valence-corrected chi connectivity index (χ1v) is 9.23. The molecule has 0 unspecified atom stereocenters. The molecule has 0 aliphatic rings. The number of rotatable bonds is 7. The van der Waals surface area contributed by atoms with Gasteiger partial charge in [0.2, 0.25) is 0 Å². The van der Waals surface area contributed by atoms with Crippen molar-refractivity contribution in [2.24, 2.45) is 5.10 Å². The molecule has 6 heteroatoms. The standard InChI is InChI=1S/C22H25N5O/c1-16-9-11-19(12-10-16)15-27-18(3)21(17(2)26-27)13-24-25-22(28)14-23-20-7-5-4-6-8-20/h4-13,23H,14-15H2,1-3H3,(H,25,28)/b24-13-. The van der Waals surface area contributed by atoms with E-state index < -0.39 is 0 Å². The van der Waals surface area contributed by atoms with Crippen LogP contribution in [0.2, 0.25) is 0 Å². The van der Waals surface area contributed by atoms with Gasteiger partial charge in [-0.05, 0) is 38.5 Å². The summed E-state index contributed by atoms with van der Waals surface area (Å²) in [4.78, 5) is 11.9. The molecule has 1 aromatic heterocycles. The molecule has 144 valence electrons. The molecule has 0 saturated heterocycles. The van der Waals surface area contributed by atoms with Crippen molar-refractivity contribution in [1.29, 1.82) is 0 Å². The minimum absolute atomic E-state index is 0.159. The minimum Gasteiger partial charge on any atom is -0.376 e. The largest absolute Gasteiger partial charge is 0.376 e.